The summed E-state index contributed by atoms with van der Waals surface area (Å²) in [7, 11) is 3.13. The maximum atomic E-state index is 13.2. The number of amides is 1. The van der Waals surface area contributed by atoms with Gasteiger partial charge in [-0.3, -0.25) is 9.59 Å². The minimum atomic E-state index is -0.386. The topological polar surface area (TPSA) is 77.4 Å². The van der Waals surface area contributed by atoms with E-state index in [-0.39, 0.29) is 18.6 Å². The molecule has 1 aliphatic rings. The molecule has 0 radical (unpaired) electrons. The molecule has 0 spiro atoms. The molecule has 1 aliphatic heterocycles. The number of hydrogen-bond acceptors (Lipinski definition) is 6. The Labute approximate surface area is 202 Å². The van der Waals surface area contributed by atoms with E-state index >= 15 is 0 Å². The van der Waals surface area contributed by atoms with Gasteiger partial charge in [-0.15, -0.1) is 0 Å². The zero-order valence-electron chi connectivity index (χ0n) is 18.7. The molecular weight excluding hydrogens is 456 g/mol. The SMILES string of the molecule is COc1ccc(C2CC(c3ccccc3Cl)=NN2C(=O)COc2cccc(C=O)c2)cc1OC. The van der Waals surface area contributed by atoms with Gasteiger partial charge in [0, 0.05) is 22.6 Å². The summed E-state index contributed by atoms with van der Waals surface area (Å²) in [5.41, 5.74) is 2.76. The lowest BCUT2D eigenvalue weighted by molar-refractivity contribution is -0.135. The van der Waals surface area contributed by atoms with E-state index in [0.29, 0.717) is 40.0 Å². The van der Waals surface area contributed by atoms with Gasteiger partial charge in [-0.05, 0) is 35.9 Å². The molecule has 0 aliphatic carbocycles. The minimum absolute atomic E-state index is 0.245. The second-order valence-corrected chi connectivity index (χ2v) is 7.99. The van der Waals surface area contributed by atoms with Crippen LogP contribution in [0.2, 0.25) is 5.02 Å². The van der Waals surface area contributed by atoms with Crippen molar-refractivity contribution in [2.75, 3.05) is 20.8 Å². The number of hydrogen-bond donors (Lipinski definition) is 0. The van der Waals surface area contributed by atoms with Gasteiger partial charge in [0.2, 0.25) is 0 Å². The van der Waals surface area contributed by atoms with Crippen molar-refractivity contribution in [3.8, 4) is 17.2 Å². The zero-order chi connectivity index (χ0) is 24.1. The number of rotatable bonds is 8. The molecule has 0 saturated carbocycles. The maximum Gasteiger partial charge on any atom is 0.281 e. The van der Waals surface area contributed by atoms with Crippen LogP contribution in [0.25, 0.3) is 0 Å². The van der Waals surface area contributed by atoms with Crippen LogP contribution in [0, 0.1) is 0 Å². The number of halogens is 1. The monoisotopic (exact) mass is 478 g/mol. The average molecular weight is 479 g/mol. The molecule has 1 amide bonds. The number of carbonyl (C=O) groups is 2. The molecule has 8 heteroatoms. The number of methoxy groups -OCH3 is 2. The fourth-order valence-electron chi connectivity index (χ4n) is 3.81. The summed E-state index contributed by atoms with van der Waals surface area (Å²) in [4.78, 5) is 24.3. The summed E-state index contributed by atoms with van der Waals surface area (Å²) in [5, 5.41) is 6.61. The second kappa shape index (κ2) is 10.4. The van der Waals surface area contributed by atoms with Gasteiger partial charge < -0.3 is 14.2 Å². The molecule has 34 heavy (non-hydrogen) atoms. The summed E-state index contributed by atoms with van der Waals surface area (Å²) >= 11 is 6.41. The van der Waals surface area contributed by atoms with Gasteiger partial charge >= 0.3 is 0 Å². The summed E-state index contributed by atoms with van der Waals surface area (Å²) in [5.74, 6) is 1.24. The Morgan fingerprint density at radius 3 is 2.59 bits per heavy atom. The molecule has 7 nitrogen and oxygen atoms in total. The fraction of sp³-hybridized carbons (Fsp3) is 0.192. The highest BCUT2D eigenvalue weighted by molar-refractivity contribution is 6.34. The first-order chi connectivity index (χ1) is 16.5. The van der Waals surface area contributed by atoms with E-state index in [0.717, 1.165) is 17.4 Å². The first kappa shape index (κ1) is 23.3. The Morgan fingerprint density at radius 2 is 1.85 bits per heavy atom. The van der Waals surface area contributed by atoms with E-state index in [9.17, 15) is 9.59 Å². The molecule has 174 valence electrons. The van der Waals surface area contributed by atoms with Gasteiger partial charge in [0.05, 0.1) is 26.0 Å². The van der Waals surface area contributed by atoms with Crippen molar-refractivity contribution in [1.29, 1.82) is 0 Å². The van der Waals surface area contributed by atoms with Crippen molar-refractivity contribution in [2.45, 2.75) is 12.5 Å². The highest BCUT2D eigenvalue weighted by Gasteiger charge is 2.34. The van der Waals surface area contributed by atoms with Crippen LogP contribution in [-0.4, -0.2) is 43.7 Å². The van der Waals surface area contributed by atoms with E-state index in [4.69, 9.17) is 25.8 Å². The molecule has 1 heterocycles. The van der Waals surface area contributed by atoms with Crippen LogP contribution in [0.4, 0.5) is 0 Å². The van der Waals surface area contributed by atoms with E-state index in [1.165, 1.54) is 5.01 Å². The molecule has 0 saturated heterocycles. The predicted molar refractivity (Wildman–Crippen MR) is 129 cm³/mol. The van der Waals surface area contributed by atoms with Gasteiger partial charge in [0.1, 0.15) is 12.0 Å². The Morgan fingerprint density at radius 1 is 1.06 bits per heavy atom. The lowest BCUT2D eigenvalue weighted by atomic mass is 9.98. The molecule has 1 unspecified atom stereocenters. The number of hydrazone groups is 1. The fourth-order valence-corrected chi connectivity index (χ4v) is 4.05. The van der Waals surface area contributed by atoms with Gasteiger partial charge in [-0.25, -0.2) is 5.01 Å². The molecule has 0 aromatic heterocycles. The highest BCUT2D eigenvalue weighted by Crippen LogP contribution is 2.38. The summed E-state index contributed by atoms with van der Waals surface area (Å²) in [6.07, 6.45) is 1.19. The van der Waals surface area contributed by atoms with Crippen molar-refractivity contribution in [3.63, 3.8) is 0 Å². The minimum Gasteiger partial charge on any atom is -0.493 e. The Bertz CT molecular complexity index is 1240. The third-order valence-corrected chi connectivity index (χ3v) is 5.83. The molecule has 0 bridgehead atoms. The zero-order valence-corrected chi connectivity index (χ0v) is 19.5. The van der Waals surface area contributed by atoms with Crippen molar-refractivity contribution in [2.24, 2.45) is 5.10 Å². The summed E-state index contributed by atoms with van der Waals surface area (Å²) < 4.78 is 16.5. The lowest BCUT2D eigenvalue weighted by Gasteiger charge is -2.23. The normalized spacial score (nSPS) is 15.0. The van der Waals surface area contributed by atoms with E-state index in [2.05, 4.69) is 5.10 Å². The molecule has 1 atom stereocenters. The van der Waals surface area contributed by atoms with Crippen LogP contribution in [0.3, 0.4) is 0 Å². The summed E-state index contributed by atoms with van der Waals surface area (Å²) in [6.45, 7) is -0.245. The molecular formula is C26H23ClN2O5. The number of nitrogens with zero attached hydrogens (tertiary/aromatic N) is 2. The standard InChI is InChI=1S/C26H23ClN2O5/c1-32-24-11-10-18(13-25(24)33-2)23-14-22(20-8-3-4-9-21(20)27)28-29(23)26(31)16-34-19-7-5-6-17(12-19)15-30/h3-13,15,23H,14,16H2,1-2H3. The molecule has 0 N–H and O–H groups in total. The van der Waals surface area contributed by atoms with Crippen LogP contribution in [0.1, 0.15) is 33.9 Å². The van der Waals surface area contributed by atoms with Crippen LogP contribution < -0.4 is 14.2 Å². The van der Waals surface area contributed by atoms with Crippen LogP contribution in [0.15, 0.2) is 71.8 Å². The Kier molecular flexibility index (Phi) is 7.13. The number of aldehydes is 1. The molecule has 4 rings (SSSR count). The van der Waals surface area contributed by atoms with Crippen molar-refractivity contribution in [1.82, 2.24) is 5.01 Å². The third kappa shape index (κ3) is 4.89. The van der Waals surface area contributed by atoms with E-state index in [1.54, 1.807) is 50.6 Å². The van der Waals surface area contributed by atoms with Crippen LogP contribution in [0.5, 0.6) is 17.2 Å². The number of ether oxygens (including phenoxy) is 3. The quantitative estimate of drug-likeness (QED) is 0.429. The van der Waals surface area contributed by atoms with Crippen molar-refractivity contribution < 1.29 is 23.8 Å². The number of carbonyl (C=O) groups excluding carboxylic acids is 2. The van der Waals surface area contributed by atoms with Crippen LogP contribution in [-0.2, 0) is 4.79 Å². The third-order valence-electron chi connectivity index (χ3n) is 5.50. The first-order valence-corrected chi connectivity index (χ1v) is 11.0. The maximum absolute atomic E-state index is 13.2. The van der Waals surface area contributed by atoms with Crippen molar-refractivity contribution in [3.05, 3.63) is 88.4 Å². The number of benzene rings is 3. The van der Waals surface area contributed by atoms with Crippen molar-refractivity contribution >= 4 is 29.5 Å². The predicted octanol–water partition coefficient (Wildman–Crippen LogP) is 4.93. The highest BCUT2D eigenvalue weighted by atomic mass is 35.5. The van der Waals surface area contributed by atoms with E-state index < -0.39 is 0 Å². The summed E-state index contributed by atoms with van der Waals surface area (Å²) in [6, 6.07) is 19.1. The molecule has 3 aromatic rings. The molecule has 3 aromatic carbocycles. The van der Waals surface area contributed by atoms with Gasteiger partial charge in [0.15, 0.2) is 18.1 Å². The largest absolute Gasteiger partial charge is 0.493 e. The van der Waals surface area contributed by atoms with E-state index in [1.807, 2.05) is 30.3 Å². The molecule has 0 fully saturated rings. The lowest BCUT2D eigenvalue weighted by Crippen LogP contribution is -2.31. The van der Waals surface area contributed by atoms with Gasteiger partial charge in [0.25, 0.3) is 5.91 Å². The smallest absolute Gasteiger partial charge is 0.281 e. The van der Waals surface area contributed by atoms with Crippen LogP contribution >= 0.6 is 11.6 Å². The Hall–Kier alpha value is -3.84. The Balaban J connectivity index is 1.63. The van der Waals surface area contributed by atoms with Gasteiger partial charge in [-0.2, -0.15) is 5.10 Å². The average Bonchev–Trinajstić information content (AvgIpc) is 3.32. The first-order valence-electron chi connectivity index (χ1n) is 10.6. The second-order valence-electron chi connectivity index (χ2n) is 7.58. The van der Waals surface area contributed by atoms with Gasteiger partial charge in [-0.1, -0.05) is 48.0 Å².